The Morgan fingerprint density at radius 1 is 1.33 bits per heavy atom. The average Bonchev–Trinajstić information content (AvgIpc) is 2.36. The third-order valence-electron chi connectivity index (χ3n) is 3.17. The molecule has 100 valence electrons. The summed E-state index contributed by atoms with van der Waals surface area (Å²) in [6, 6.07) is 4.66. The summed E-state index contributed by atoms with van der Waals surface area (Å²) in [5.41, 5.74) is 0. The first-order valence-corrected chi connectivity index (χ1v) is 6.46. The zero-order chi connectivity index (χ0) is 13.0. The first-order chi connectivity index (χ1) is 8.69. The fourth-order valence-electron chi connectivity index (χ4n) is 2.11. The Balaban J connectivity index is 2.01. The van der Waals surface area contributed by atoms with E-state index in [2.05, 4.69) is 11.9 Å². The minimum atomic E-state index is -0.322. The van der Waals surface area contributed by atoms with E-state index in [1.807, 2.05) is 6.92 Å². The normalized spacial score (nSPS) is 17.7. The molecule has 1 aliphatic rings. The van der Waals surface area contributed by atoms with Crippen LogP contribution in [-0.4, -0.2) is 37.7 Å². The highest BCUT2D eigenvalue weighted by Gasteiger charge is 2.19. The van der Waals surface area contributed by atoms with Crippen molar-refractivity contribution in [3.8, 4) is 11.5 Å². The Morgan fingerprint density at radius 3 is 2.72 bits per heavy atom. The molecule has 1 saturated heterocycles. The number of likely N-dealkylation sites (tertiary alicyclic amines) is 1. The van der Waals surface area contributed by atoms with Crippen LogP contribution < -0.4 is 9.47 Å². The van der Waals surface area contributed by atoms with Gasteiger partial charge in [-0.1, -0.05) is 0 Å². The highest BCUT2D eigenvalue weighted by Crippen LogP contribution is 2.26. The van der Waals surface area contributed by atoms with Crippen LogP contribution in [0.4, 0.5) is 4.39 Å². The molecule has 0 amide bonds. The lowest BCUT2D eigenvalue weighted by Crippen LogP contribution is -2.35. The molecule has 0 unspecified atom stereocenters. The summed E-state index contributed by atoms with van der Waals surface area (Å²) in [7, 11) is 2.09. The largest absolute Gasteiger partial charge is 0.494 e. The van der Waals surface area contributed by atoms with Crippen molar-refractivity contribution in [1.82, 2.24) is 4.90 Å². The van der Waals surface area contributed by atoms with Crippen LogP contribution in [0.1, 0.15) is 19.8 Å². The van der Waals surface area contributed by atoms with Crippen molar-refractivity contribution in [2.24, 2.45) is 0 Å². The van der Waals surface area contributed by atoms with E-state index in [9.17, 15) is 4.39 Å². The molecule has 1 aromatic carbocycles. The standard InChI is InChI=1S/C14H20FNO2/c1-3-17-12-4-5-13(15)14(10-12)18-11-6-8-16(2)9-7-11/h4-5,10-11H,3,6-9H2,1-2H3. The molecule has 0 N–H and O–H groups in total. The van der Waals surface area contributed by atoms with Gasteiger partial charge in [0.05, 0.1) is 6.61 Å². The molecule has 0 aromatic heterocycles. The number of hydrogen-bond donors (Lipinski definition) is 0. The summed E-state index contributed by atoms with van der Waals surface area (Å²) in [5, 5.41) is 0. The second kappa shape index (κ2) is 6.05. The fourth-order valence-corrected chi connectivity index (χ4v) is 2.11. The van der Waals surface area contributed by atoms with Gasteiger partial charge in [-0.2, -0.15) is 0 Å². The molecular formula is C14H20FNO2. The summed E-state index contributed by atoms with van der Waals surface area (Å²) in [6.07, 6.45) is 1.98. The van der Waals surface area contributed by atoms with E-state index >= 15 is 0 Å². The van der Waals surface area contributed by atoms with Gasteiger partial charge < -0.3 is 14.4 Å². The van der Waals surface area contributed by atoms with Crippen molar-refractivity contribution in [3.05, 3.63) is 24.0 Å². The van der Waals surface area contributed by atoms with Gasteiger partial charge in [-0.15, -0.1) is 0 Å². The second-order valence-corrected chi connectivity index (χ2v) is 4.65. The monoisotopic (exact) mass is 253 g/mol. The number of benzene rings is 1. The summed E-state index contributed by atoms with van der Waals surface area (Å²) < 4.78 is 24.7. The van der Waals surface area contributed by atoms with Crippen molar-refractivity contribution in [1.29, 1.82) is 0 Å². The smallest absolute Gasteiger partial charge is 0.165 e. The van der Waals surface area contributed by atoms with Crippen LogP contribution in [0.3, 0.4) is 0 Å². The minimum absolute atomic E-state index is 0.104. The van der Waals surface area contributed by atoms with Crippen LogP contribution in [0.15, 0.2) is 18.2 Å². The molecule has 18 heavy (non-hydrogen) atoms. The molecule has 0 aliphatic carbocycles. The zero-order valence-electron chi connectivity index (χ0n) is 11.0. The molecule has 1 fully saturated rings. The van der Waals surface area contributed by atoms with Crippen molar-refractivity contribution in [2.75, 3.05) is 26.7 Å². The maximum atomic E-state index is 13.7. The molecule has 4 heteroatoms. The van der Waals surface area contributed by atoms with E-state index < -0.39 is 0 Å². The van der Waals surface area contributed by atoms with Crippen molar-refractivity contribution < 1.29 is 13.9 Å². The third-order valence-corrected chi connectivity index (χ3v) is 3.17. The summed E-state index contributed by atoms with van der Waals surface area (Å²) >= 11 is 0. The first kappa shape index (κ1) is 13.1. The molecule has 0 radical (unpaired) electrons. The van der Waals surface area contributed by atoms with Gasteiger partial charge in [-0.3, -0.25) is 0 Å². The molecular weight excluding hydrogens is 233 g/mol. The maximum absolute atomic E-state index is 13.7. The Hall–Kier alpha value is -1.29. The van der Waals surface area contributed by atoms with Crippen molar-refractivity contribution in [3.63, 3.8) is 0 Å². The Bertz CT molecular complexity index is 389. The molecule has 0 bridgehead atoms. The van der Waals surface area contributed by atoms with E-state index in [1.54, 1.807) is 12.1 Å². The zero-order valence-corrected chi connectivity index (χ0v) is 11.0. The lowest BCUT2D eigenvalue weighted by molar-refractivity contribution is 0.110. The van der Waals surface area contributed by atoms with Gasteiger partial charge in [-0.05, 0) is 38.9 Å². The molecule has 2 rings (SSSR count). The highest BCUT2D eigenvalue weighted by molar-refractivity contribution is 5.34. The number of piperidine rings is 1. The number of halogens is 1. The number of hydrogen-bond acceptors (Lipinski definition) is 3. The van der Waals surface area contributed by atoms with E-state index in [0.29, 0.717) is 18.1 Å². The van der Waals surface area contributed by atoms with Crippen LogP contribution in [0.25, 0.3) is 0 Å². The number of rotatable bonds is 4. The lowest BCUT2D eigenvalue weighted by Gasteiger charge is -2.29. The van der Waals surface area contributed by atoms with Crippen molar-refractivity contribution in [2.45, 2.75) is 25.9 Å². The van der Waals surface area contributed by atoms with Crippen LogP contribution in [-0.2, 0) is 0 Å². The van der Waals surface area contributed by atoms with E-state index in [1.165, 1.54) is 6.07 Å². The fraction of sp³-hybridized carbons (Fsp3) is 0.571. The topological polar surface area (TPSA) is 21.7 Å². The van der Waals surface area contributed by atoms with Crippen molar-refractivity contribution >= 4 is 0 Å². The van der Waals surface area contributed by atoms with Crippen LogP contribution in [0.2, 0.25) is 0 Å². The van der Waals surface area contributed by atoms with Gasteiger partial charge in [0.1, 0.15) is 11.9 Å². The van der Waals surface area contributed by atoms with Crippen LogP contribution in [0, 0.1) is 5.82 Å². The Labute approximate surface area is 107 Å². The van der Waals surface area contributed by atoms with Gasteiger partial charge in [0.2, 0.25) is 0 Å². The molecule has 0 atom stereocenters. The number of nitrogens with zero attached hydrogens (tertiary/aromatic N) is 1. The minimum Gasteiger partial charge on any atom is -0.494 e. The van der Waals surface area contributed by atoms with Crippen LogP contribution in [0.5, 0.6) is 11.5 Å². The van der Waals surface area contributed by atoms with Gasteiger partial charge in [0.25, 0.3) is 0 Å². The SMILES string of the molecule is CCOc1ccc(F)c(OC2CCN(C)CC2)c1. The molecule has 1 aromatic rings. The predicted octanol–water partition coefficient (Wildman–Crippen LogP) is 2.70. The Morgan fingerprint density at radius 2 is 2.06 bits per heavy atom. The molecule has 0 saturated carbocycles. The second-order valence-electron chi connectivity index (χ2n) is 4.65. The molecule has 1 heterocycles. The number of ether oxygens (including phenoxy) is 2. The quantitative estimate of drug-likeness (QED) is 0.823. The maximum Gasteiger partial charge on any atom is 0.165 e. The molecule has 0 spiro atoms. The van der Waals surface area contributed by atoms with Gasteiger partial charge in [-0.25, -0.2) is 4.39 Å². The van der Waals surface area contributed by atoms with Gasteiger partial charge in [0, 0.05) is 19.2 Å². The molecule has 3 nitrogen and oxygen atoms in total. The molecule has 1 aliphatic heterocycles. The lowest BCUT2D eigenvalue weighted by atomic mass is 10.1. The summed E-state index contributed by atoms with van der Waals surface area (Å²) in [4.78, 5) is 2.26. The first-order valence-electron chi connectivity index (χ1n) is 6.46. The van der Waals surface area contributed by atoms with Gasteiger partial charge in [0.15, 0.2) is 11.6 Å². The van der Waals surface area contributed by atoms with E-state index in [0.717, 1.165) is 25.9 Å². The average molecular weight is 253 g/mol. The predicted molar refractivity (Wildman–Crippen MR) is 68.7 cm³/mol. The van der Waals surface area contributed by atoms with E-state index in [-0.39, 0.29) is 11.9 Å². The summed E-state index contributed by atoms with van der Waals surface area (Å²) in [5.74, 6) is 0.634. The third kappa shape index (κ3) is 3.35. The Kier molecular flexibility index (Phi) is 4.42. The van der Waals surface area contributed by atoms with Crippen LogP contribution >= 0.6 is 0 Å². The van der Waals surface area contributed by atoms with Gasteiger partial charge >= 0.3 is 0 Å². The highest BCUT2D eigenvalue weighted by atomic mass is 19.1. The summed E-state index contributed by atoms with van der Waals surface area (Å²) in [6.45, 7) is 4.47. The van der Waals surface area contributed by atoms with E-state index in [4.69, 9.17) is 9.47 Å².